The number of carbonyl (C=O) groups excluding carboxylic acids is 1. The number of carbonyl (C=O) groups is 1. The molecule has 0 fully saturated rings. The SMILES string of the molecule is COCOc1ccc(C=CC(=O)CC(O)CCc2ccc(OC)cc2)cc1. The average molecular weight is 370 g/mol. The highest BCUT2D eigenvalue weighted by Gasteiger charge is 2.09. The molecule has 0 spiro atoms. The number of ketones is 1. The first kappa shape index (κ1) is 20.7. The van der Waals surface area contributed by atoms with Gasteiger partial charge < -0.3 is 19.3 Å². The van der Waals surface area contributed by atoms with Crippen molar-refractivity contribution in [1.82, 2.24) is 0 Å². The molecule has 0 aliphatic carbocycles. The molecule has 0 aromatic heterocycles. The van der Waals surface area contributed by atoms with E-state index in [0.717, 1.165) is 16.9 Å². The molecule has 2 aromatic rings. The summed E-state index contributed by atoms with van der Waals surface area (Å²) < 4.78 is 15.3. The van der Waals surface area contributed by atoms with Gasteiger partial charge in [-0.1, -0.05) is 30.3 Å². The van der Waals surface area contributed by atoms with Crippen LogP contribution in [0.25, 0.3) is 6.08 Å². The van der Waals surface area contributed by atoms with Gasteiger partial charge in [0, 0.05) is 13.5 Å². The van der Waals surface area contributed by atoms with E-state index in [-0.39, 0.29) is 19.0 Å². The van der Waals surface area contributed by atoms with Gasteiger partial charge in [0.1, 0.15) is 11.5 Å². The number of methoxy groups -OCH3 is 2. The molecule has 5 heteroatoms. The van der Waals surface area contributed by atoms with Gasteiger partial charge in [0.2, 0.25) is 0 Å². The summed E-state index contributed by atoms with van der Waals surface area (Å²) in [5.74, 6) is 1.41. The lowest BCUT2D eigenvalue weighted by Crippen LogP contribution is -2.12. The third-order valence-electron chi connectivity index (χ3n) is 4.05. The Kier molecular flexibility index (Phi) is 8.55. The number of aryl methyl sites for hydroxylation is 1. The third-order valence-corrected chi connectivity index (χ3v) is 4.05. The van der Waals surface area contributed by atoms with Gasteiger partial charge in [-0.25, -0.2) is 0 Å². The molecule has 0 amide bonds. The maximum Gasteiger partial charge on any atom is 0.188 e. The normalized spacial score (nSPS) is 12.1. The molecule has 1 N–H and O–H groups in total. The molecule has 0 aliphatic heterocycles. The molecule has 0 heterocycles. The zero-order valence-corrected chi connectivity index (χ0v) is 15.8. The van der Waals surface area contributed by atoms with E-state index in [2.05, 4.69) is 0 Å². The Balaban J connectivity index is 1.75. The molecule has 0 aliphatic rings. The van der Waals surface area contributed by atoms with Crippen molar-refractivity contribution in [2.24, 2.45) is 0 Å². The van der Waals surface area contributed by atoms with Crippen LogP contribution in [0.15, 0.2) is 54.6 Å². The highest BCUT2D eigenvalue weighted by atomic mass is 16.7. The first-order valence-electron chi connectivity index (χ1n) is 8.84. The van der Waals surface area contributed by atoms with Gasteiger partial charge in [-0.05, 0) is 54.3 Å². The second kappa shape index (κ2) is 11.2. The van der Waals surface area contributed by atoms with E-state index >= 15 is 0 Å². The van der Waals surface area contributed by atoms with Crippen LogP contribution in [-0.2, 0) is 16.0 Å². The van der Waals surface area contributed by atoms with Crippen LogP contribution in [0.5, 0.6) is 11.5 Å². The molecule has 1 atom stereocenters. The van der Waals surface area contributed by atoms with Crippen LogP contribution < -0.4 is 9.47 Å². The standard InChI is InChI=1S/C22H26O5/c1-25-16-27-22-13-7-18(8-14-22)4-10-20(24)15-19(23)9-3-17-5-11-21(26-2)12-6-17/h4-8,10-14,19,23H,3,9,15-16H2,1-2H3. The van der Waals surface area contributed by atoms with E-state index < -0.39 is 6.10 Å². The summed E-state index contributed by atoms with van der Waals surface area (Å²) in [6, 6.07) is 15.0. The van der Waals surface area contributed by atoms with Crippen molar-refractivity contribution in [1.29, 1.82) is 0 Å². The number of aliphatic hydroxyl groups excluding tert-OH is 1. The van der Waals surface area contributed by atoms with Gasteiger partial charge >= 0.3 is 0 Å². The van der Waals surface area contributed by atoms with Crippen molar-refractivity contribution in [3.63, 3.8) is 0 Å². The van der Waals surface area contributed by atoms with Gasteiger partial charge in [0.15, 0.2) is 12.6 Å². The quantitative estimate of drug-likeness (QED) is 0.483. The highest BCUT2D eigenvalue weighted by Crippen LogP contribution is 2.15. The number of hydrogen-bond donors (Lipinski definition) is 1. The highest BCUT2D eigenvalue weighted by molar-refractivity contribution is 5.93. The van der Waals surface area contributed by atoms with E-state index in [1.807, 2.05) is 48.5 Å². The molecule has 2 rings (SSSR count). The van der Waals surface area contributed by atoms with Crippen molar-refractivity contribution in [2.45, 2.75) is 25.4 Å². The minimum absolute atomic E-state index is 0.100. The molecule has 144 valence electrons. The predicted molar refractivity (Wildman–Crippen MR) is 105 cm³/mol. The van der Waals surface area contributed by atoms with Crippen LogP contribution in [0.4, 0.5) is 0 Å². The molecule has 2 aromatic carbocycles. The lowest BCUT2D eigenvalue weighted by Gasteiger charge is -2.09. The first-order chi connectivity index (χ1) is 13.1. The lowest BCUT2D eigenvalue weighted by atomic mass is 10.0. The van der Waals surface area contributed by atoms with Crippen molar-refractivity contribution in [3.05, 3.63) is 65.7 Å². The Hall–Kier alpha value is -2.63. The minimum atomic E-state index is -0.658. The summed E-state index contributed by atoms with van der Waals surface area (Å²) in [4.78, 5) is 12.0. The fraction of sp³-hybridized carbons (Fsp3) is 0.318. The van der Waals surface area contributed by atoms with Crippen molar-refractivity contribution in [2.75, 3.05) is 21.0 Å². The molecule has 27 heavy (non-hydrogen) atoms. The number of hydrogen-bond acceptors (Lipinski definition) is 5. The van der Waals surface area contributed by atoms with E-state index in [1.165, 1.54) is 6.08 Å². The summed E-state index contributed by atoms with van der Waals surface area (Å²) in [5, 5.41) is 10.1. The summed E-state index contributed by atoms with van der Waals surface area (Å²) in [6.45, 7) is 0.197. The average Bonchev–Trinajstić information content (AvgIpc) is 2.70. The summed E-state index contributed by atoms with van der Waals surface area (Å²) >= 11 is 0. The van der Waals surface area contributed by atoms with Crippen LogP contribution in [0.1, 0.15) is 24.0 Å². The second-order valence-corrected chi connectivity index (χ2v) is 6.16. The minimum Gasteiger partial charge on any atom is -0.497 e. The fourth-order valence-corrected chi connectivity index (χ4v) is 2.52. The summed E-state index contributed by atoms with van der Waals surface area (Å²) in [5.41, 5.74) is 1.99. The molecule has 0 bridgehead atoms. The Morgan fingerprint density at radius 3 is 2.33 bits per heavy atom. The van der Waals surface area contributed by atoms with Gasteiger partial charge in [0.25, 0.3) is 0 Å². The number of benzene rings is 2. The van der Waals surface area contributed by atoms with E-state index in [9.17, 15) is 9.90 Å². The van der Waals surface area contributed by atoms with Crippen LogP contribution in [0.3, 0.4) is 0 Å². The van der Waals surface area contributed by atoms with Crippen molar-refractivity contribution in [3.8, 4) is 11.5 Å². The first-order valence-corrected chi connectivity index (χ1v) is 8.84. The smallest absolute Gasteiger partial charge is 0.188 e. The van der Waals surface area contributed by atoms with Gasteiger partial charge in [0.05, 0.1) is 13.2 Å². The van der Waals surface area contributed by atoms with Gasteiger partial charge in [-0.3, -0.25) is 4.79 Å². The maximum atomic E-state index is 12.0. The van der Waals surface area contributed by atoms with E-state index in [1.54, 1.807) is 20.3 Å². The second-order valence-electron chi connectivity index (χ2n) is 6.16. The number of ether oxygens (including phenoxy) is 3. The molecule has 1 unspecified atom stereocenters. The van der Waals surface area contributed by atoms with Crippen molar-refractivity contribution < 1.29 is 24.1 Å². The fourth-order valence-electron chi connectivity index (χ4n) is 2.52. The van der Waals surface area contributed by atoms with E-state index in [0.29, 0.717) is 18.6 Å². The molecule has 0 saturated heterocycles. The lowest BCUT2D eigenvalue weighted by molar-refractivity contribution is -0.116. The Morgan fingerprint density at radius 2 is 1.70 bits per heavy atom. The van der Waals surface area contributed by atoms with Gasteiger partial charge in [-0.15, -0.1) is 0 Å². The molecular weight excluding hydrogens is 344 g/mol. The van der Waals surface area contributed by atoms with Crippen LogP contribution >= 0.6 is 0 Å². The molecule has 0 radical (unpaired) electrons. The maximum absolute atomic E-state index is 12.0. The monoisotopic (exact) mass is 370 g/mol. The third kappa shape index (κ3) is 7.64. The topological polar surface area (TPSA) is 65.0 Å². The van der Waals surface area contributed by atoms with Crippen LogP contribution in [-0.4, -0.2) is 38.0 Å². The number of rotatable bonds is 11. The Bertz CT molecular complexity index is 719. The largest absolute Gasteiger partial charge is 0.497 e. The molecule has 0 saturated carbocycles. The summed E-state index contributed by atoms with van der Waals surface area (Å²) in [6.07, 6.45) is 3.94. The zero-order chi connectivity index (χ0) is 19.5. The number of allylic oxidation sites excluding steroid dienone is 1. The van der Waals surface area contributed by atoms with Crippen LogP contribution in [0.2, 0.25) is 0 Å². The predicted octanol–water partition coefficient (Wildman–Crippen LogP) is 3.64. The Labute approximate surface area is 160 Å². The number of aliphatic hydroxyl groups is 1. The Morgan fingerprint density at radius 1 is 1.04 bits per heavy atom. The summed E-state index contributed by atoms with van der Waals surface area (Å²) in [7, 11) is 3.19. The van der Waals surface area contributed by atoms with Crippen LogP contribution in [0, 0.1) is 0 Å². The zero-order valence-electron chi connectivity index (χ0n) is 15.8. The van der Waals surface area contributed by atoms with Crippen molar-refractivity contribution >= 4 is 11.9 Å². The molecular formula is C22H26O5. The van der Waals surface area contributed by atoms with Gasteiger partial charge in [-0.2, -0.15) is 0 Å². The van der Waals surface area contributed by atoms with E-state index in [4.69, 9.17) is 14.2 Å². The molecule has 5 nitrogen and oxygen atoms in total.